The number of carbonyl (C=O) groups excluding carboxylic acids is 1. The molecule has 34 heavy (non-hydrogen) atoms. The van der Waals surface area contributed by atoms with E-state index in [0.29, 0.717) is 13.0 Å². The second kappa shape index (κ2) is 9.43. The first-order chi connectivity index (χ1) is 16.2. The number of carbonyl (C=O) groups is 1. The Morgan fingerprint density at radius 2 is 2.06 bits per heavy atom. The number of methoxy groups -OCH3 is 1. The molecule has 0 saturated carbocycles. The molecule has 2 atom stereocenters. The molecule has 1 aliphatic heterocycles. The number of benzene rings is 1. The normalized spacial score (nSPS) is 18.3. The number of aromatic nitrogens is 3. The Hall–Kier alpha value is -3.44. The fourth-order valence-corrected chi connectivity index (χ4v) is 4.07. The van der Waals surface area contributed by atoms with Crippen molar-refractivity contribution in [3.63, 3.8) is 0 Å². The maximum atomic E-state index is 15.1. The van der Waals surface area contributed by atoms with E-state index >= 15 is 4.39 Å². The van der Waals surface area contributed by atoms with Gasteiger partial charge in [0.2, 0.25) is 5.95 Å². The van der Waals surface area contributed by atoms with Crippen LogP contribution in [0.15, 0.2) is 29.2 Å². The predicted octanol–water partition coefficient (Wildman–Crippen LogP) is 2.67. The largest absolute Gasteiger partial charge is 0.464 e. The lowest BCUT2D eigenvalue weighted by atomic mass is 10.0. The molecule has 2 aromatic heterocycles. The van der Waals surface area contributed by atoms with Gasteiger partial charge in [0.05, 0.1) is 43.0 Å². The van der Waals surface area contributed by atoms with Gasteiger partial charge in [-0.05, 0) is 32.4 Å². The van der Waals surface area contributed by atoms with Gasteiger partial charge in [0.25, 0.3) is 0 Å². The molecule has 0 unspecified atom stereocenters. The first-order valence-electron chi connectivity index (χ1n) is 10.7. The molecular formula is C23H24F2N4O5. The minimum absolute atomic E-state index is 0.0485. The van der Waals surface area contributed by atoms with Crippen LogP contribution in [0.5, 0.6) is 0 Å². The maximum absolute atomic E-state index is 15.1. The number of anilines is 1. The summed E-state index contributed by atoms with van der Waals surface area (Å²) in [4.78, 5) is 33.0. The molecule has 180 valence electrons. The number of aliphatic hydroxyl groups is 1. The van der Waals surface area contributed by atoms with Crippen molar-refractivity contribution in [1.82, 2.24) is 14.5 Å². The molecule has 0 bridgehead atoms. The van der Waals surface area contributed by atoms with Crippen LogP contribution in [0.4, 0.5) is 14.7 Å². The molecule has 1 aliphatic rings. The monoisotopic (exact) mass is 474 g/mol. The van der Waals surface area contributed by atoms with E-state index in [1.165, 1.54) is 17.7 Å². The van der Waals surface area contributed by atoms with Crippen LogP contribution < -0.4 is 10.7 Å². The van der Waals surface area contributed by atoms with E-state index in [1.54, 1.807) is 13.8 Å². The van der Waals surface area contributed by atoms with E-state index in [0.717, 1.165) is 18.3 Å². The summed E-state index contributed by atoms with van der Waals surface area (Å²) < 4.78 is 41.3. The third-order valence-electron chi connectivity index (χ3n) is 5.67. The van der Waals surface area contributed by atoms with Gasteiger partial charge in [0, 0.05) is 24.3 Å². The van der Waals surface area contributed by atoms with Gasteiger partial charge in [-0.15, -0.1) is 0 Å². The molecule has 0 aliphatic carbocycles. The smallest absolute Gasteiger partial charge is 0.354 e. The third-order valence-corrected chi connectivity index (χ3v) is 5.67. The van der Waals surface area contributed by atoms with Gasteiger partial charge in [-0.1, -0.05) is 0 Å². The van der Waals surface area contributed by atoms with Crippen molar-refractivity contribution < 1.29 is 28.2 Å². The number of nitrogens with zero attached hydrogens (tertiary/aromatic N) is 3. The Labute approximate surface area is 193 Å². The molecule has 0 spiro atoms. The number of nitrogens with one attached hydrogen (secondary N) is 1. The minimum atomic E-state index is -0.879. The Bertz CT molecular complexity index is 1310. The molecular weight excluding hydrogens is 450 g/mol. The summed E-state index contributed by atoms with van der Waals surface area (Å²) in [6, 6.07) is 2.71. The first-order valence-corrected chi connectivity index (χ1v) is 10.7. The fraction of sp³-hybridized carbons (Fsp3) is 0.391. The van der Waals surface area contributed by atoms with Crippen molar-refractivity contribution in [2.24, 2.45) is 0 Å². The average Bonchev–Trinajstić information content (AvgIpc) is 2.80. The molecule has 1 aromatic carbocycles. The number of pyridine rings is 1. The van der Waals surface area contributed by atoms with Gasteiger partial charge in [-0.25, -0.2) is 23.5 Å². The summed E-state index contributed by atoms with van der Waals surface area (Å²) in [6.07, 6.45) is 0.652. The van der Waals surface area contributed by atoms with Crippen molar-refractivity contribution >= 4 is 22.8 Å². The van der Waals surface area contributed by atoms with Crippen LogP contribution >= 0.6 is 0 Å². The van der Waals surface area contributed by atoms with Crippen LogP contribution in [0.3, 0.4) is 0 Å². The summed E-state index contributed by atoms with van der Waals surface area (Å²) in [5.41, 5.74) is -0.798. The molecule has 3 heterocycles. The lowest BCUT2D eigenvalue weighted by Crippen LogP contribution is -2.42. The summed E-state index contributed by atoms with van der Waals surface area (Å²) in [5, 5.41) is 12.8. The first kappa shape index (κ1) is 23.7. The molecule has 9 nitrogen and oxygen atoms in total. The van der Waals surface area contributed by atoms with Gasteiger partial charge in [-0.2, -0.15) is 0 Å². The number of halogens is 2. The quantitative estimate of drug-likeness (QED) is 0.543. The van der Waals surface area contributed by atoms with E-state index in [1.807, 2.05) is 0 Å². The topological polar surface area (TPSA) is 116 Å². The second-order valence-corrected chi connectivity index (χ2v) is 8.27. The number of ether oxygens (including phenoxy) is 2. The van der Waals surface area contributed by atoms with Crippen LogP contribution in [0.2, 0.25) is 0 Å². The lowest BCUT2D eigenvalue weighted by Gasteiger charge is -2.28. The SMILES string of the molecule is COC(=O)c1cc(=O)c2c(F)cc(-c3nc(N[C@@H]4CCOC[C@H]4O)ncc3F)cc2n1C(C)C. The van der Waals surface area contributed by atoms with Gasteiger partial charge in [-0.3, -0.25) is 4.79 Å². The highest BCUT2D eigenvalue weighted by atomic mass is 19.1. The van der Waals surface area contributed by atoms with Gasteiger partial charge in [0.1, 0.15) is 17.2 Å². The molecule has 0 amide bonds. The molecule has 3 aromatic rings. The van der Waals surface area contributed by atoms with Crippen molar-refractivity contribution in [2.45, 2.75) is 38.5 Å². The molecule has 2 N–H and O–H groups in total. The number of hydrogen-bond acceptors (Lipinski definition) is 8. The van der Waals surface area contributed by atoms with Crippen molar-refractivity contribution in [3.05, 3.63) is 51.9 Å². The Kier molecular flexibility index (Phi) is 6.58. The Morgan fingerprint density at radius 3 is 2.74 bits per heavy atom. The summed E-state index contributed by atoms with van der Waals surface area (Å²) in [6.45, 7) is 4.10. The summed E-state index contributed by atoms with van der Waals surface area (Å²) in [7, 11) is 1.18. The van der Waals surface area contributed by atoms with E-state index in [-0.39, 0.29) is 46.5 Å². The molecule has 4 rings (SSSR count). The highest BCUT2D eigenvalue weighted by Gasteiger charge is 2.25. The zero-order valence-corrected chi connectivity index (χ0v) is 18.8. The van der Waals surface area contributed by atoms with Crippen LogP contribution in [0, 0.1) is 11.6 Å². The van der Waals surface area contributed by atoms with Crippen molar-refractivity contribution in [1.29, 1.82) is 0 Å². The zero-order valence-electron chi connectivity index (χ0n) is 18.8. The van der Waals surface area contributed by atoms with E-state index in [4.69, 9.17) is 9.47 Å². The zero-order chi connectivity index (χ0) is 24.6. The molecule has 11 heteroatoms. The highest BCUT2D eigenvalue weighted by Crippen LogP contribution is 2.29. The molecule has 1 fully saturated rings. The number of rotatable bonds is 5. The number of esters is 1. The van der Waals surface area contributed by atoms with E-state index in [9.17, 15) is 19.1 Å². The van der Waals surface area contributed by atoms with Crippen molar-refractivity contribution in [2.75, 3.05) is 25.6 Å². The van der Waals surface area contributed by atoms with Crippen LogP contribution in [-0.4, -0.2) is 58.1 Å². The van der Waals surface area contributed by atoms with E-state index < -0.39 is 35.2 Å². The molecule has 1 saturated heterocycles. The van der Waals surface area contributed by atoms with Crippen LogP contribution in [-0.2, 0) is 9.47 Å². The van der Waals surface area contributed by atoms with Gasteiger partial charge in [0.15, 0.2) is 11.2 Å². The highest BCUT2D eigenvalue weighted by molar-refractivity contribution is 5.93. The third kappa shape index (κ3) is 4.36. The number of hydrogen-bond donors (Lipinski definition) is 2. The van der Waals surface area contributed by atoms with Crippen LogP contribution in [0.25, 0.3) is 22.2 Å². The minimum Gasteiger partial charge on any atom is -0.464 e. The Morgan fingerprint density at radius 1 is 1.29 bits per heavy atom. The van der Waals surface area contributed by atoms with E-state index in [2.05, 4.69) is 15.3 Å². The number of aliphatic hydroxyl groups excluding tert-OH is 1. The van der Waals surface area contributed by atoms with Gasteiger partial charge < -0.3 is 24.5 Å². The molecule has 0 radical (unpaired) electrons. The van der Waals surface area contributed by atoms with Gasteiger partial charge >= 0.3 is 5.97 Å². The van der Waals surface area contributed by atoms with Crippen LogP contribution in [0.1, 0.15) is 36.8 Å². The van der Waals surface area contributed by atoms with Crippen molar-refractivity contribution in [3.8, 4) is 11.3 Å². The summed E-state index contributed by atoms with van der Waals surface area (Å²) >= 11 is 0. The number of fused-ring (bicyclic) bond motifs is 1. The predicted molar refractivity (Wildman–Crippen MR) is 120 cm³/mol. The maximum Gasteiger partial charge on any atom is 0.354 e. The lowest BCUT2D eigenvalue weighted by molar-refractivity contribution is -0.0136. The standard InChI is InChI=1S/C23H24F2N4O5/c1-11(2)29-16-7-12(6-13(24)20(16)18(30)8-17(29)22(32)33-3)21-14(25)9-26-23(28-21)27-15-4-5-34-10-19(15)31/h6-9,11,15,19,31H,4-5,10H2,1-3H3,(H,26,27,28)/t15-,19-/m1/s1. The summed E-state index contributed by atoms with van der Waals surface area (Å²) in [5.74, 6) is -2.39. The average molecular weight is 474 g/mol. The fourth-order valence-electron chi connectivity index (χ4n) is 4.07. The Balaban J connectivity index is 1.87. The second-order valence-electron chi connectivity index (χ2n) is 8.27.